The van der Waals surface area contributed by atoms with Crippen molar-refractivity contribution >= 4 is 17.1 Å². The van der Waals surface area contributed by atoms with Crippen LogP contribution in [0.2, 0.25) is 5.28 Å². The molecule has 0 atom stereocenters. The molecule has 3 rings (SSSR count). The van der Waals surface area contributed by atoms with Crippen LogP contribution in [0.4, 0.5) is 0 Å². The van der Waals surface area contributed by atoms with Crippen LogP contribution in [0.25, 0.3) is 16.8 Å². The van der Waals surface area contributed by atoms with E-state index in [0.29, 0.717) is 5.28 Å². The highest BCUT2D eigenvalue weighted by molar-refractivity contribution is 6.28. The van der Waals surface area contributed by atoms with E-state index in [1.807, 2.05) is 42.5 Å². The van der Waals surface area contributed by atoms with E-state index in [9.17, 15) is 0 Å². The molecule has 0 saturated heterocycles. The molecule has 0 fully saturated rings. The van der Waals surface area contributed by atoms with Gasteiger partial charge in [-0.3, -0.25) is 0 Å². The van der Waals surface area contributed by atoms with Gasteiger partial charge in [-0.15, -0.1) is 0 Å². The number of hydrogen-bond donors (Lipinski definition) is 0. The predicted molar refractivity (Wildman–Crippen MR) is 63.4 cm³/mol. The molecule has 2 aromatic heterocycles. The minimum absolute atomic E-state index is 0.376. The summed E-state index contributed by atoms with van der Waals surface area (Å²) in [4.78, 5) is 4.31. The van der Waals surface area contributed by atoms with E-state index < -0.39 is 0 Å². The van der Waals surface area contributed by atoms with Crippen LogP contribution in [0.3, 0.4) is 0 Å². The molecule has 0 bridgehead atoms. The van der Waals surface area contributed by atoms with Gasteiger partial charge >= 0.3 is 0 Å². The summed E-state index contributed by atoms with van der Waals surface area (Å²) in [6.07, 6.45) is 1.71. The molecule has 0 unspecified atom stereocenters. The second kappa shape index (κ2) is 3.61. The minimum Gasteiger partial charge on any atom is -0.218 e. The number of aromatic nitrogens is 3. The summed E-state index contributed by atoms with van der Waals surface area (Å²) in [5, 5.41) is 4.45. The molecule has 16 heavy (non-hydrogen) atoms. The summed E-state index contributed by atoms with van der Waals surface area (Å²) in [6.45, 7) is 0. The Morgan fingerprint density at radius 3 is 2.69 bits per heavy atom. The molecule has 2 heterocycles. The quantitative estimate of drug-likeness (QED) is 0.601. The van der Waals surface area contributed by atoms with Gasteiger partial charge in [-0.05, 0) is 23.7 Å². The molecular weight excluding hydrogens is 222 g/mol. The van der Waals surface area contributed by atoms with Gasteiger partial charge in [-0.2, -0.15) is 5.10 Å². The summed E-state index contributed by atoms with van der Waals surface area (Å²) in [6, 6.07) is 13.8. The van der Waals surface area contributed by atoms with Crippen LogP contribution < -0.4 is 0 Å². The Morgan fingerprint density at radius 1 is 1.06 bits per heavy atom. The number of nitrogens with zero attached hydrogens (tertiary/aromatic N) is 3. The Hall–Kier alpha value is -1.87. The maximum atomic E-state index is 6.04. The van der Waals surface area contributed by atoms with E-state index in [0.717, 1.165) is 16.8 Å². The topological polar surface area (TPSA) is 30.2 Å². The molecule has 0 amide bonds. The van der Waals surface area contributed by atoms with Crippen molar-refractivity contribution in [1.29, 1.82) is 0 Å². The maximum Gasteiger partial charge on any atom is 0.224 e. The van der Waals surface area contributed by atoms with Gasteiger partial charge < -0.3 is 0 Å². The first-order valence-electron chi connectivity index (χ1n) is 4.90. The number of benzene rings is 1. The lowest BCUT2D eigenvalue weighted by atomic mass is 10.1. The van der Waals surface area contributed by atoms with Gasteiger partial charge in [0.2, 0.25) is 5.28 Å². The van der Waals surface area contributed by atoms with Gasteiger partial charge in [0.15, 0.2) is 0 Å². The van der Waals surface area contributed by atoms with Crippen LogP contribution in [0, 0.1) is 0 Å². The van der Waals surface area contributed by atoms with E-state index in [-0.39, 0.29) is 0 Å². The molecule has 0 radical (unpaired) electrons. The van der Waals surface area contributed by atoms with Crippen molar-refractivity contribution in [2.24, 2.45) is 0 Å². The largest absolute Gasteiger partial charge is 0.224 e. The van der Waals surface area contributed by atoms with Crippen LogP contribution in [-0.4, -0.2) is 14.6 Å². The van der Waals surface area contributed by atoms with Gasteiger partial charge in [0, 0.05) is 5.56 Å². The molecule has 0 aliphatic rings. The summed E-state index contributed by atoms with van der Waals surface area (Å²) < 4.78 is 1.61. The van der Waals surface area contributed by atoms with Crippen LogP contribution in [0.5, 0.6) is 0 Å². The fraction of sp³-hybridized carbons (Fsp3) is 0. The van der Waals surface area contributed by atoms with Gasteiger partial charge in [-0.25, -0.2) is 9.50 Å². The lowest BCUT2D eigenvalue weighted by Crippen LogP contribution is -1.94. The Bertz CT molecular complexity index is 631. The van der Waals surface area contributed by atoms with Gasteiger partial charge in [0.05, 0.1) is 17.4 Å². The predicted octanol–water partition coefficient (Wildman–Crippen LogP) is 3.05. The van der Waals surface area contributed by atoms with Crippen LogP contribution >= 0.6 is 11.6 Å². The van der Waals surface area contributed by atoms with Crippen LogP contribution in [0.1, 0.15) is 0 Å². The van der Waals surface area contributed by atoms with Crippen molar-refractivity contribution in [3.8, 4) is 11.3 Å². The first kappa shape index (κ1) is 9.36. The Morgan fingerprint density at radius 2 is 1.88 bits per heavy atom. The summed E-state index contributed by atoms with van der Waals surface area (Å²) in [7, 11) is 0. The van der Waals surface area contributed by atoms with Crippen LogP contribution in [0.15, 0.2) is 48.7 Å². The zero-order valence-corrected chi connectivity index (χ0v) is 9.09. The summed E-state index contributed by atoms with van der Waals surface area (Å²) in [5.41, 5.74) is 2.85. The first-order valence-corrected chi connectivity index (χ1v) is 5.28. The average molecular weight is 230 g/mol. The van der Waals surface area contributed by atoms with Gasteiger partial charge in [0.25, 0.3) is 0 Å². The third-order valence-electron chi connectivity index (χ3n) is 2.41. The molecule has 0 spiro atoms. The molecule has 0 aliphatic heterocycles. The number of hydrogen-bond acceptors (Lipinski definition) is 2. The van der Waals surface area contributed by atoms with E-state index in [2.05, 4.69) is 10.1 Å². The van der Waals surface area contributed by atoms with Crippen molar-refractivity contribution in [3.63, 3.8) is 0 Å². The third-order valence-corrected chi connectivity index (χ3v) is 2.66. The summed E-state index contributed by atoms with van der Waals surface area (Å²) in [5.74, 6) is 0. The fourth-order valence-electron chi connectivity index (χ4n) is 1.65. The Kier molecular flexibility index (Phi) is 2.11. The van der Waals surface area contributed by atoms with E-state index in [1.54, 1.807) is 10.7 Å². The maximum absolute atomic E-state index is 6.04. The van der Waals surface area contributed by atoms with Gasteiger partial charge in [0.1, 0.15) is 0 Å². The normalized spacial score (nSPS) is 10.8. The van der Waals surface area contributed by atoms with Crippen molar-refractivity contribution in [3.05, 3.63) is 53.9 Å². The lowest BCUT2D eigenvalue weighted by molar-refractivity contribution is 0.925. The second-order valence-electron chi connectivity index (χ2n) is 3.44. The van der Waals surface area contributed by atoms with Crippen molar-refractivity contribution in [2.75, 3.05) is 0 Å². The highest BCUT2D eigenvalue weighted by atomic mass is 35.5. The standard InChI is InChI=1S/C12H8ClN3/c13-12-15-11(9-4-2-1-3-5-9)8-10-6-7-14-16(10)12/h1-8H. The number of halogens is 1. The number of fused-ring (bicyclic) bond motifs is 1. The highest BCUT2D eigenvalue weighted by Crippen LogP contribution is 2.20. The molecule has 78 valence electrons. The highest BCUT2D eigenvalue weighted by Gasteiger charge is 2.05. The molecule has 0 aliphatic carbocycles. The monoisotopic (exact) mass is 229 g/mol. The molecule has 1 aromatic carbocycles. The van der Waals surface area contributed by atoms with Crippen molar-refractivity contribution < 1.29 is 0 Å². The third kappa shape index (κ3) is 1.46. The van der Waals surface area contributed by atoms with E-state index in [1.165, 1.54) is 0 Å². The molecule has 0 saturated carbocycles. The Balaban J connectivity index is 2.25. The fourth-order valence-corrected chi connectivity index (χ4v) is 1.89. The van der Waals surface area contributed by atoms with E-state index in [4.69, 9.17) is 11.6 Å². The van der Waals surface area contributed by atoms with Crippen LogP contribution in [-0.2, 0) is 0 Å². The molecule has 0 N–H and O–H groups in total. The SMILES string of the molecule is Clc1nc(-c2ccccc2)cc2ccnn12. The second-order valence-corrected chi connectivity index (χ2v) is 3.78. The van der Waals surface area contributed by atoms with Gasteiger partial charge in [-0.1, -0.05) is 30.3 Å². The van der Waals surface area contributed by atoms with E-state index >= 15 is 0 Å². The zero-order chi connectivity index (χ0) is 11.0. The molecule has 3 aromatic rings. The Labute approximate surface area is 97.3 Å². The zero-order valence-electron chi connectivity index (χ0n) is 8.34. The van der Waals surface area contributed by atoms with Crippen molar-refractivity contribution in [2.45, 2.75) is 0 Å². The smallest absolute Gasteiger partial charge is 0.218 e. The molecule has 4 heteroatoms. The first-order chi connectivity index (χ1) is 7.84. The minimum atomic E-state index is 0.376. The molecular formula is C12H8ClN3. The lowest BCUT2D eigenvalue weighted by Gasteiger charge is -2.02. The summed E-state index contributed by atoms with van der Waals surface area (Å²) >= 11 is 6.04. The average Bonchev–Trinajstić information content (AvgIpc) is 2.79. The van der Waals surface area contributed by atoms with Crippen molar-refractivity contribution in [1.82, 2.24) is 14.6 Å². The number of rotatable bonds is 1. The molecule has 3 nitrogen and oxygen atoms in total.